The third-order valence-electron chi connectivity index (χ3n) is 3.61. The van der Waals surface area contributed by atoms with Crippen molar-refractivity contribution in [2.45, 2.75) is 66.3 Å². The van der Waals surface area contributed by atoms with Crippen LogP contribution in [-0.4, -0.2) is 12.1 Å². The second-order valence-electron chi connectivity index (χ2n) is 7.33. The first kappa shape index (κ1) is 16.2. The molecule has 0 fully saturated rings. The van der Waals surface area contributed by atoms with Crippen LogP contribution in [0.3, 0.4) is 0 Å². The van der Waals surface area contributed by atoms with Crippen molar-refractivity contribution in [1.82, 2.24) is 5.32 Å². The second-order valence-corrected chi connectivity index (χ2v) is 7.33. The lowest BCUT2D eigenvalue weighted by atomic mass is 9.79. The minimum Gasteiger partial charge on any atom is -0.312 e. The Morgan fingerprint density at radius 1 is 1.11 bits per heavy atom. The molecule has 1 aromatic carbocycles. The van der Waals surface area contributed by atoms with E-state index in [1.807, 2.05) is 0 Å². The lowest BCUT2D eigenvalue weighted by Gasteiger charge is -2.34. The molecular weight excluding hydrogens is 230 g/mol. The molecule has 0 saturated heterocycles. The Morgan fingerprint density at radius 3 is 2.32 bits per heavy atom. The van der Waals surface area contributed by atoms with Gasteiger partial charge in [0.15, 0.2) is 0 Å². The van der Waals surface area contributed by atoms with Crippen LogP contribution >= 0.6 is 0 Å². The fourth-order valence-electron chi connectivity index (χ4n) is 2.64. The topological polar surface area (TPSA) is 12.0 Å². The second kappa shape index (κ2) is 6.56. The third-order valence-corrected chi connectivity index (χ3v) is 3.61. The van der Waals surface area contributed by atoms with E-state index in [-0.39, 0.29) is 5.54 Å². The summed E-state index contributed by atoms with van der Waals surface area (Å²) in [5, 5.41) is 3.68. The molecule has 0 aliphatic carbocycles. The summed E-state index contributed by atoms with van der Waals surface area (Å²) in [6.45, 7) is 14.7. The Morgan fingerprint density at radius 2 is 1.79 bits per heavy atom. The van der Waals surface area contributed by atoms with Gasteiger partial charge in [-0.2, -0.15) is 0 Å². The molecule has 0 bridgehead atoms. The van der Waals surface area contributed by atoms with Gasteiger partial charge in [-0.3, -0.25) is 0 Å². The summed E-state index contributed by atoms with van der Waals surface area (Å²) < 4.78 is 0. The van der Waals surface area contributed by atoms with Crippen molar-refractivity contribution in [3.05, 3.63) is 35.4 Å². The fraction of sp³-hybridized carbons (Fsp3) is 0.667. The Hall–Kier alpha value is -0.820. The smallest absolute Gasteiger partial charge is 0.00967 e. The van der Waals surface area contributed by atoms with Crippen LogP contribution in [0.5, 0.6) is 0 Å². The van der Waals surface area contributed by atoms with E-state index in [4.69, 9.17) is 0 Å². The van der Waals surface area contributed by atoms with Gasteiger partial charge >= 0.3 is 0 Å². The van der Waals surface area contributed by atoms with Crippen molar-refractivity contribution in [3.63, 3.8) is 0 Å². The van der Waals surface area contributed by atoms with Crippen LogP contribution in [0.25, 0.3) is 0 Å². The Bertz CT molecular complexity index is 389. The van der Waals surface area contributed by atoms with Crippen molar-refractivity contribution in [1.29, 1.82) is 0 Å². The zero-order valence-electron chi connectivity index (χ0n) is 13.6. The van der Waals surface area contributed by atoms with Gasteiger partial charge in [-0.15, -0.1) is 0 Å². The number of hydrogen-bond donors (Lipinski definition) is 1. The fourth-order valence-corrected chi connectivity index (χ4v) is 2.64. The van der Waals surface area contributed by atoms with Gasteiger partial charge in [-0.25, -0.2) is 0 Å². The van der Waals surface area contributed by atoms with Crippen molar-refractivity contribution in [2.75, 3.05) is 6.54 Å². The van der Waals surface area contributed by atoms with Crippen molar-refractivity contribution >= 4 is 0 Å². The first-order chi connectivity index (χ1) is 8.74. The molecule has 1 N–H and O–H groups in total. The average molecular weight is 261 g/mol. The van der Waals surface area contributed by atoms with Crippen LogP contribution < -0.4 is 5.32 Å². The largest absolute Gasteiger partial charge is 0.312 e. The SMILES string of the molecule is CCCC(C)(CNC(C)(C)C)Cc1cccc(C)c1. The minimum atomic E-state index is 0.196. The molecular formula is C18H31N. The highest BCUT2D eigenvalue weighted by molar-refractivity contribution is 5.23. The van der Waals surface area contributed by atoms with E-state index >= 15 is 0 Å². The molecule has 19 heavy (non-hydrogen) atoms. The quantitative estimate of drug-likeness (QED) is 0.780. The van der Waals surface area contributed by atoms with Gasteiger partial charge in [0.25, 0.3) is 0 Å². The van der Waals surface area contributed by atoms with Gasteiger partial charge in [0.2, 0.25) is 0 Å². The molecule has 1 rings (SSSR count). The normalized spacial score (nSPS) is 15.3. The lowest BCUT2D eigenvalue weighted by Crippen LogP contribution is -2.43. The van der Waals surface area contributed by atoms with Crippen LogP contribution in [-0.2, 0) is 6.42 Å². The van der Waals surface area contributed by atoms with Gasteiger partial charge < -0.3 is 5.32 Å². The van der Waals surface area contributed by atoms with Crippen molar-refractivity contribution in [3.8, 4) is 0 Å². The molecule has 0 heterocycles. The third kappa shape index (κ3) is 6.24. The zero-order chi connectivity index (χ0) is 14.5. The van der Waals surface area contributed by atoms with Crippen LogP contribution in [0.2, 0.25) is 0 Å². The Balaban J connectivity index is 2.75. The van der Waals surface area contributed by atoms with Gasteiger partial charge in [0.1, 0.15) is 0 Å². The molecule has 0 radical (unpaired) electrons. The predicted octanol–water partition coefficient (Wildman–Crippen LogP) is 4.73. The molecule has 108 valence electrons. The number of benzene rings is 1. The van der Waals surface area contributed by atoms with Crippen LogP contribution in [0, 0.1) is 12.3 Å². The average Bonchev–Trinajstić information content (AvgIpc) is 2.26. The Labute approximate surface area is 119 Å². The van der Waals surface area contributed by atoms with E-state index in [0.717, 1.165) is 13.0 Å². The molecule has 0 aliphatic heterocycles. The maximum Gasteiger partial charge on any atom is 0.00967 e. The van der Waals surface area contributed by atoms with Gasteiger partial charge in [0, 0.05) is 12.1 Å². The van der Waals surface area contributed by atoms with Crippen LogP contribution in [0.1, 0.15) is 58.6 Å². The maximum absolute atomic E-state index is 3.68. The molecule has 1 heteroatoms. The monoisotopic (exact) mass is 261 g/mol. The van der Waals surface area contributed by atoms with Gasteiger partial charge in [-0.05, 0) is 51.5 Å². The molecule has 1 nitrogen and oxygen atoms in total. The van der Waals surface area contributed by atoms with Crippen molar-refractivity contribution < 1.29 is 0 Å². The highest BCUT2D eigenvalue weighted by Crippen LogP contribution is 2.28. The predicted molar refractivity (Wildman–Crippen MR) is 85.7 cm³/mol. The molecule has 0 saturated carbocycles. The summed E-state index contributed by atoms with van der Waals surface area (Å²) in [6, 6.07) is 8.94. The van der Waals surface area contributed by atoms with E-state index < -0.39 is 0 Å². The summed E-state index contributed by atoms with van der Waals surface area (Å²) in [7, 11) is 0. The van der Waals surface area contributed by atoms with Crippen LogP contribution in [0.4, 0.5) is 0 Å². The van der Waals surface area contributed by atoms with E-state index in [1.54, 1.807) is 0 Å². The molecule has 1 atom stereocenters. The first-order valence-electron chi connectivity index (χ1n) is 7.55. The minimum absolute atomic E-state index is 0.196. The van der Waals surface area contributed by atoms with E-state index in [9.17, 15) is 0 Å². The summed E-state index contributed by atoms with van der Waals surface area (Å²) in [5.41, 5.74) is 3.36. The number of hydrogen-bond acceptors (Lipinski definition) is 1. The molecule has 1 aromatic rings. The van der Waals surface area contributed by atoms with Crippen molar-refractivity contribution in [2.24, 2.45) is 5.41 Å². The Kier molecular flexibility index (Phi) is 5.61. The van der Waals surface area contributed by atoms with E-state index in [2.05, 4.69) is 71.1 Å². The number of aryl methyl sites for hydroxylation is 1. The number of nitrogens with one attached hydrogen (secondary N) is 1. The van der Waals surface area contributed by atoms with Gasteiger partial charge in [0.05, 0.1) is 0 Å². The highest BCUT2D eigenvalue weighted by Gasteiger charge is 2.25. The molecule has 0 aliphatic rings. The molecule has 0 spiro atoms. The summed E-state index contributed by atoms with van der Waals surface area (Å²) in [6.07, 6.45) is 3.67. The number of rotatable bonds is 6. The van der Waals surface area contributed by atoms with Crippen LogP contribution in [0.15, 0.2) is 24.3 Å². The van der Waals surface area contributed by atoms with Gasteiger partial charge in [-0.1, -0.05) is 50.1 Å². The standard InChI is InChI=1S/C18H31N/c1-7-11-18(6,14-19-17(3,4)5)13-16-10-8-9-15(2)12-16/h8-10,12,19H,7,11,13-14H2,1-6H3. The molecule has 1 unspecified atom stereocenters. The lowest BCUT2D eigenvalue weighted by molar-refractivity contribution is 0.243. The summed E-state index contributed by atoms with van der Waals surface area (Å²) >= 11 is 0. The molecule has 0 amide bonds. The maximum atomic E-state index is 3.68. The summed E-state index contributed by atoms with van der Waals surface area (Å²) in [4.78, 5) is 0. The first-order valence-corrected chi connectivity index (χ1v) is 7.55. The zero-order valence-corrected chi connectivity index (χ0v) is 13.6. The highest BCUT2D eigenvalue weighted by atomic mass is 15.0. The van der Waals surface area contributed by atoms with E-state index in [1.165, 1.54) is 24.0 Å². The van der Waals surface area contributed by atoms with E-state index in [0.29, 0.717) is 5.41 Å². The molecule has 0 aromatic heterocycles. The summed E-state index contributed by atoms with van der Waals surface area (Å²) in [5.74, 6) is 0.